The van der Waals surface area contributed by atoms with Gasteiger partial charge in [0.05, 0.1) is 82.8 Å². The number of carbonyl (C=O) groups is 7. The fraction of sp³-hybridized carbons (Fsp3) is 0.0619. The number of rotatable bonds is 22. The number of sulfone groups is 1. The summed E-state index contributed by atoms with van der Waals surface area (Å²) in [5.41, 5.74) is 12.8. The number of nitrogens with zero attached hydrogens (tertiary/aromatic N) is 13. The van der Waals surface area contributed by atoms with Crippen LogP contribution in [0.5, 0.6) is 23.0 Å². The number of aromatic nitrogens is 12. The number of nitrogens with two attached hydrogens (primary N) is 1. The molecule has 0 bridgehead atoms. The van der Waals surface area contributed by atoms with Crippen LogP contribution in [0.1, 0.15) is 69.1 Å². The van der Waals surface area contributed by atoms with E-state index in [-0.39, 0.29) is 114 Å². The lowest BCUT2D eigenvalue weighted by atomic mass is 10.0. The number of aromatic hydroxyl groups is 4. The average Bonchev–Trinajstić information content (AvgIpc) is 0.790. The lowest BCUT2D eigenvalue weighted by molar-refractivity contribution is -0.384. The molecule has 12 aromatic carbocycles. The number of primary amides is 1. The van der Waals surface area contributed by atoms with Gasteiger partial charge in [0, 0.05) is 74.1 Å². The maximum atomic E-state index is 12.2. The van der Waals surface area contributed by atoms with E-state index in [0.717, 1.165) is 11.8 Å². The zero-order valence-corrected chi connectivity index (χ0v) is 71.2. The third-order valence-electron chi connectivity index (χ3n) is 19.5. The average molecular weight is 1780 g/mol. The molecule has 0 spiro atoms. The van der Waals surface area contributed by atoms with Crippen molar-refractivity contribution >= 4 is 63.2 Å². The minimum Gasteiger partial charge on any atom is -0.507 e. The highest BCUT2D eigenvalue weighted by molar-refractivity contribution is 7.90. The summed E-state index contributed by atoms with van der Waals surface area (Å²) in [6.45, 7) is 1.45. The van der Waals surface area contributed by atoms with Gasteiger partial charge in [-0.1, -0.05) is 176 Å². The summed E-state index contributed by atoms with van der Waals surface area (Å²) >= 11 is 0. The van der Waals surface area contributed by atoms with E-state index in [1.807, 2.05) is 97.1 Å². The van der Waals surface area contributed by atoms with E-state index >= 15 is 0 Å². The molecule has 0 saturated carbocycles. The van der Waals surface area contributed by atoms with Crippen molar-refractivity contribution in [1.82, 2.24) is 59.8 Å². The van der Waals surface area contributed by atoms with Crippen LogP contribution in [-0.4, -0.2) is 170 Å². The molecule has 0 aliphatic carbocycles. The fourth-order valence-corrected chi connectivity index (χ4v) is 13.5. The highest BCUT2D eigenvalue weighted by Crippen LogP contribution is 2.40. The molecule has 0 aliphatic heterocycles. The number of amides is 2. The number of hydrogen-bond donors (Lipinski definition) is 6. The first-order valence-corrected chi connectivity index (χ1v) is 41.2. The Morgan fingerprint density at radius 2 is 0.644 bits per heavy atom. The lowest BCUT2D eigenvalue weighted by Gasteiger charge is -2.13. The Balaban J connectivity index is 0.000000150. The van der Waals surface area contributed by atoms with E-state index in [2.05, 4.69) is 65.1 Å². The molecule has 0 fully saturated rings. The Kier molecular flexibility index (Phi) is 28.6. The molecular weight excluding hydrogens is 1710 g/mol. The van der Waals surface area contributed by atoms with Gasteiger partial charge in [-0.15, -0.1) is 0 Å². The second-order valence-corrected chi connectivity index (χ2v) is 30.2. The molecule has 16 rings (SSSR count). The number of ether oxygens (including phenoxy) is 4. The smallest absolute Gasteiger partial charge is 0.337 e. The Labute approximate surface area is 751 Å². The van der Waals surface area contributed by atoms with Crippen molar-refractivity contribution in [3.05, 3.63) is 329 Å². The predicted molar refractivity (Wildman–Crippen MR) is 485 cm³/mol. The summed E-state index contributed by atoms with van der Waals surface area (Å²) in [6, 6.07) is 77.8. The van der Waals surface area contributed by atoms with Crippen LogP contribution in [0.2, 0.25) is 0 Å². The zero-order valence-electron chi connectivity index (χ0n) is 70.4. The molecule has 4 aromatic heterocycles. The van der Waals surface area contributed by atoms with Gasteiger partial charge in [0.1, 0.15) is 28.6 Å². The van der Waals surface area contributed by atoms with Gasteiger partial charge in [0.15, 0.2) is 85.5 Å². The monoisotopic (exact) mass is 1780 g/mol. The summed E-state index contributed by atoms with van der Waals surface area (Å²) in [5, 5.41) is 56.0. The van der Waals surface area contributed by atoms with Crippen LogP contribution in [0, 0.1) is 10.1 Å². The largest absolute Gasteiger partial charge is 0.507 e. The summed E-state index contributed by atoms with van der Waals surface area (Å²) in [6.07, 6.45) is 1.49. The first-order chi connectivity index (χ1) is 63.6. The zero-order chi connectivity index (χ0) is 93.9. The van der Waals surface area contributed by atoms with Crippen molar-refractivity contribution in [3.63, 3.8) is 0 Å². The SMILES string of the molecule is COC(=O)c1ccc(-c2nc(-c3ccccc3)nc(-c3c(O)cc(NC=O)cc3C(N)=O)n2)cc1.COC(=O)c1ccc(-c2nc(-c3ccccc3)nc(-c3c(O)cccc3[N+](=O)[O-])n2)cc1.COC(=O)c1ccc(-c2nc(-c3ccccc3)nc(-c3cc(C(C)=O)ccc3O)n2)cc1.COC(=O)c1ccc(-c2nc(-c3ccccc3)nc(-c3cc(S(C)(=O)=O)ccc3O)n2)cc1. The molecule has 0 aliphatic rings. The van der Waals surface area contributed by atoms with Crippen molar-refractivity contribution in [2.24, 2.45) is 5.73 Å². The van der Waals surface area contributed by atoms with Gasteiger partial charge < -0.3 is 50.4 Å². The normalized spacial score (nSPS) is 10.7. The summed E-state index contributed by atoms with van der Waals surface area (Å²) in [5.74, 6) is -1.05. The number of phenols is 4. The molecule has 34 nitrogen and oxygen atoms in total. The minimum atomic E-state index is -3.52. The highest BCUT2D eigenvalue weighted by Gasteiger charge is 2.28. The standard InChI is InChI=1S/C25H19N5O5.C25H19N3O4.C24H19N3O5S.C23H16N4O5/c1-35-25(34)16-9-7-15(8-10-16)23-28-22(14-5-3-2-4-6-14)29-24(30-23)20-18(21(26)33)11-17(27-13-31)12-19(20)32;1-15(29)19-12-13-21(30)20(14-19)24-27-22(16-6-4-3-5-7-16)26-23(28-24)17-8-10-18(11-9-17)25(31)32-2;1-32-24(29)17-10-8-16(9-11-17)22-25-21(15-6-4-3-5-7-15)26-23(27-22)19-14-18(33(2,30)31)12-13-20(19)28;1-32-23(29)16-12-10-15(11-13-16)21-24-20(14-6-3-2-4-7-14)25-22(26-21)19-17(27(30)31)8-5-9-18(19)28/h2-13,32H,1H3,(H2,26,33)(H,27,31);3-14,30H,1-2H3;3-14,28H,1-2H3;2-13,28H,1H3. The van der Waals surface area contributed by atoms with E-state index in [4.69, 9.17) is 24.7 Å². The van der Waals surface area contributed by atoms with Crippen molar-refractivity contribution < 1.29 is 86.3 Å². The molecule has 0 atom stereocenters. The Morgan fingerprint density at radius 1 is 0.348 bits per heavy atom. The quantitative estimate of drug-likeness (QED) is 0.00916. The van der Waals surface area contributed by atoms with Gasteiger partial charge in [0.2, 0.25) is 12.3 Å². The number of nitrogens with one attached hydrogen (secondary N) is 1. The number of carbonyl (C=O) groups excluding carboxylic acids is 7. The molecule has 0 unspecified atom stereocenters. The van der Waals surface area contributed by atoms with Crippen molar-refractivity contribution in [1.29, 1.82) is 0 Å². The molecule has 656 valence electrons. The maximum absolute atomic E-state index is 12.2. The number of phenolic OH excluding ortho intramolecular Hbond substituents is 4. The number of Topliss-reactive ketones (excluding diaryl/α,β-unsaturated/α-hetero) is 1. The molecule has 0 radical (unpaired) electrons. The number of esters is 4. The van der Waals surface area contributed by atoms with Crippen LogP contribution in [0.4, 0.5) is 11.4 Å². The van der Waals surface area contributed by atoms with E-state index in [9.17, 15) is 72.5 Å². The molecular formula is C97H73N15O19S. The number of anilines is 1. The van der Waals surface area contributed by atoms with Crippen molar-refractivity contribution in [2.45, 2.75) is 11.8 Å². The second-order valence-electron chi connectivity index (χ2n) is 28.2. The summed E-state index contributed by atoms with van der Waals surface area (Å²) < 4.78 is 43.0. The van der Waals surface area contributed by atoms with Gasteiger partial charge in [-0.2, -0.15) is 0 Å². The highest BCUT2D eigenvalue weighted by atomic mass is 32.2. The van der Waals surface area contributed by atoms with Crippen LogP contribution in [0.15, 0.2) is 290 Å². The van der Waals surface area contributed by atoms with Crippen molar-refractivity contribution in [3.8, 4) is 160 Å². The molecule has 0 saturated heterocycles. The van der Waals surface area contributed by atoms with E-state index in [0.29, 0.717) is 102 Å². The van der Waals surface area contributed by atoms with Crippen LogP contribution in [0.3, 0.4) is 0 Å². The number of benzene rings is 12. The molecule has 132 heavy (non-hydrogen) atoms. The first-order valence-electron chi connectivity index (χ1n) is 39.3. The lowest BCUT2D eigenvalue weighted by Crippen LogP contribution is -2.14. The first kappa shape index (κ1) is 91.4. The number of ketones is 1. The number of nitro groups is 1. The summed E-state index contributed by atoms with van der Waals surface area (Å²) in [7, 11) is 1.69. The van der Waals surface area contributed by atoms with Gasteiger partial charge in [0.25, 0.3) is 5.69 Å². The number of nitro benzene ring substituents is 1. The maximum Gasteiger partial charge on any atom is 0.337 e. The van der Waals surface area contributed by atoms with Crippen LogP contribution in [-0.2, 0) is 33.6 Å². The van der Waals surface area contributed by atoms with Crippen LogP contribution >= 0.6 is 0 Å². The molecule has 7 N–H and O–H groups in total. The third-order valence-corrected chi connectivity index (χ3v) is 20.6. The Bertz CT molecular complexity index is 7180. The fourth-order valence-electron chi connectivity index (χ4n) is 12.8. The van der Waals surface area contributed by atoms with Gasteiger partial charge in [-0.3, -0.25) is 24.5 Å². The third kappa shape index (κ3) is 21.8. The second kappa shape index (κ2) is 41.2. The molecule has 35 heteroatoms. The Morgan fingerprint density at radius 3 is 0.947 bits per heavy atom. The predicted octanol–water partition coefficient (Wildman–Crippen LogP) is 15.6. The Hall–Kier alpha value is -18.3. The number of hydrogen-bond acceptors (Lipinski definition) is 31. The van der Waals surface area contributed by atoms with Crippen LogP contribution in [0.25, 0.3) is 137 Å². The van der Waals surface area contributed by atoms with Crippen molar-refractivity contribution in [2.75, 3.05) is 40.0 Å². The van der Waals surface area contributed by atoms with E-state index < -0.39 is 44.5 Å². The minimum absolute atomic E-state index is 0.00477. The number of methoxy groups -OCH3 is 4. The molecule has 16 aromatic rings. The molecule has 4 heterocycles. The summed E-state index contributed by atoms with van der Waals surface area (Å²) in [4.78, 5) is 147. The topological polar surface area (TPSA) is 507 Å². The van der Waals surface area contributed by atoms with Gasteiger partial charge in [-0.05, 0) is 104 Å². The van der Waals surface area contributed by atoms with Crippen LogP contribution < -0.4 is 11.1 Å². The van der Waals surface area contributed by atoms with Gasteiger partial charge in [-0.25, -0.2) is 87.4 Å². The molecule has 2 amide bonds. The van der Waals surface area contributed by atoms with Gasteiger partial charge >= 0.3 is 23.9 Å². The van der Waals surface area contributed by atoms with E-state index in [1.165, 1.54) is 90.0 Å². The van der Waals surface area contributed by atoms with E-state index in [1.54, 1.807) is 133 Å².